The van der Waals surface area contributed by atoms with Crippen molar-refractivity contribution >= 4 is 65.4 Å². The van der Waals surface area contributed by atoms with Crippen LogP contribution in [0.2, 0.25) is 0 Å². The van der Waals surface area contributed by atoms with Crippen LogP contribution < -0.4 is 0 Å². The van der Waals surface area contributed by atoms with Crippen LogP contribution in [0.15, 0.2) is 176 Å². The molecule has 0 atom stereocenters. The third-order valence-electron chi connectivity index (χ3n) is 11.1. The average molecular weight is 700 g/mol. The van der Waals surface area contributed by atoms with E-state index in [9.17, 15) is 10.5 Å². The monoisotopic (exact) mass is 699 g/mol. The average Bonchev–Trinajstić information content (AvgIpc) is 3.88. The van der Waals surface area contributed by atoms with Crippen molar-refractivity contribution in [3.8, 4) is 40.3 Å². The summed E-state index contributed by atoms with van der Waals surface area (Å²) in [5.41, 5.74) is 12.7. The topological polar surface area (TPSA) is 62.4 Å². The van der Waals surface area contributed by atoms with E-state index in [1.54, 1.807) is 0 Å². The molecule has 0 saturated heterocycles. The normalized spacial score (nSPS) is 11.6. The van der Waals surface area contributed by atoms with Crippen molar-refractivity contribution in [1.82, 2.24) is 13.7 Å². The van der Waals surface area contributed by atoms with Crippen molar-refractivity contribution in [3.05, 3.63) is 187 Å². The molecule has 3 aromatic heterocycles. The summed E-state index contributed by atoms with van der Waals surface area (Å²) in [6.45, 7) is 0. The molecule has 0 N–H and O–H groups in total. The molecule has 5 heteroatoms. The van der Waals surface area contributed by atoms with Crippen molar-refractivity contribution in [2.45, 2.75) is 0 Å². The molecular formula is C50H29N5. The highest BCUT2D eigenvalue weighted by atomic mass is 15.0. The Hall–Kier alpha value is -7.86. The van der Waals surface area contributed by atoms with Gasteiger partial charge in [-0.15, -0.1) is 0 Å². The van der Waals surface area contributed by atoms with Crippen LogP contribution in [0.4, 0.5) is 0 Å². The van der Waals surface area contributed by atoms with Crippen LogP contribution in [0.5, 0.6) is 0 Å². The largest absolute Gasteiger partial charge is 0.309 e. The minimum Gasteiger partial charge on any atom is -0.309 e. The van der Waals surface area contributed by atoms with Crippen LogP contribution in [-0.2, 0) is 0 Å². The smallest absolute Gasteiger partial charge is 0.101 e. The molecule has 0 aliphatic heterocycles. The number of rotatable bonds is 4. The highest BCUT2D eigenvalue weighted by Crippen LogP contribution is 2.39. The zero-order valence-electron chi connectivity index (χ0n) is 29.5. The van der Waals surface area contributed by atoms with Gasteiger partial charge in [-0.1, -0.05) is 97.1 Å². The van der Waals surface area contributed by atoms with E-state index in [-0.39, 0.29) is 0 Å². The molecule has 11 rings (SSSR count). The Kier molecular flexibility index (Phi) is 6.61. The first-order chi connectivity index (χ1) is 27.2. The molecule has 0 aliphatic carbocycles. The Labute approximate surface area is 316 Å². The zero-order chi connectivity index (χ0) is 36.6. The summed E-state index contributed by atoms with van der Waals surface area (Å²) < 4.78 is 6.78. The maximum Gasteiger partial charge on any atom is 0.101 e. The number of para-hydroxylation sites is 4. The molecule has 0 amide bonds. The van der Waals surface area contributed by atoms with E-state index in [4.69, 9.17) is 0 Å². The van der Waals surface area contributed by atoms with E-state index in [2.05, 4.69) is 171 Å². The summed E-state index contributed by atoms with van der Waals surface area (Å²) in [7, 11) is 0. The second-order valence-electron chi connectivity index (χ2n) is 14.0. The molecule has 11 aromatic rings. The molecule has 254 valence electrons. The molecule has 5 nitrogen and oxygen atoms in total. The van der Waals surface area contributed by atoms with Gasteiger partial charge in [0.05, 0.1) is 56.0 Å². The second-order valence-corrected chi connectivity index (χ2v) is 14.0. The third kappa shape index (κ3) is 4.51. The summed E-state index contributed by atoms with van der Waals surface area (Å²) in [5.74, 6) is 0. The fraction of sp³-hybridized carbons (Fsp3) is 0. The maximum atomic E-state index is 10.6. The quantitative estimate of drug-likeness (QED) is 0.184. The number of hydrogen-bond donors (Lipinski definition) is 0. The van der Waals surface area contributed by atoms with Gasteiger partial charge in [0.15, 0.2) is 0 Å². The minimum absolute atomic E-state index is 0.599. The van der Waals surface area contributed by atoms with E-state index in [1.807, 2.05) is 30.3 Å². The first kappa shape index (κ1) is 30.7. The van der Waals surface area contributed by atoms with Gasteiger partial charge in [-0.2, -0.15) is 10.5 Å². The molecule has 0 bridgehead atoms. The van der Waals surface area contributed by atoms with Gasteiger partial charge < -0.3 is 13.7 Å². The van der Waals surface area contributed by atoms with Crippen LogP contribution in [0, 0.1) is 22.7 Å². The lowest BCUT2D eigenvalue weighted by Gasteiger charge is -2.13. The van der Waals surface area contributed by atoms with Gasteiger partial charge in [0, 0.05) is 43.7 Å². The van der Waals surface area contributed by atoms with Crippen LogP contribution in [0.25, 0.3) is 93.6 Å². The van der Waals surface area contributed by atoms with Crippen molar-refractivity contribution in [1.29, 1.82) is 10.5 Å². The molecule has 0 spiro atoms. The molecule has 3 heterocycles. The molecule has 8 aromatic carbocycles. The molecule has 0 radical (unpaired) electrons. The van der Waals surface area contributed by atoms with Crippen LogP contribution in [-0.4, -0.2) is 13.7 Å². The van der Waals surface area contributed by atoms with E-state index in [0.29, 0.717) is 11.1 Å². The SMILES string of the molecule is N#Cc1ccc2c3ccccc3n(-c3ccc4c(c3)c3ccccc3n4-c3ccc(-c4ccc(-n5c6ccccc6c6ccccc65)cc4)cc3C#N)c2c1. The predicted molar refractivity (Wildman–Crippen MR) is 224 cm³/mol. The van der Waals surface area contributed by atoms with Gasteiger partial charge in [-0.05, 0) is 90.0 Å². The number of aromatic nitrogens is 3. The van der Waals surface area contributed by atoms with E-state index in [1.165, 1.54) is 21.8 Å². The predicted octanol–water partition coefficient (Wildman–Crippen LogP) is 12.4. The second kappa shape index (κ2) is 11.8. The van der Waals surface area contributed by atoms with Gasteiger partial charge in [0.25, 0.3) is 0 Å². The van der Waals surface area contributed by atoms with Gasteiger partial charge in [0.1, 0.15) is 6.07 Å². The Morgan fingerprint density at radius 1 is 0.327 bits per heavy atom. The van der Waals surface area contributed by atoms with Crippen molar-refractivity contribution in [2.75, 3.05) is 0 Å². The van der Waals surface area contributed by atoms with E-state index >= 15 is 0 Å². The van der Waals surface area contributed by atoms with Crippen molar-refractivity contribution in [2.24, 2.45) is 0 Å². The standard InChI is InChI=1S/C50H29N5/c51-30-32-17-24-42-40-11-3-7-15-47(40)54(50(42)27-32)37-23-26-49-43(29-37)41-12-4-8-16-48(41)55(49)44-25-20-34(28-35(44)31-52)33-18-21-36(22-19-33)53-45-13-5-1-9-38(45)39-10-2-6-14-46(39)53/h1-29H. The lowest BCUT2D eigenvalue weighted by molar-refractivity contribution is 1.16. The Morgan fingerprint density at radius 2 is 0.818 bits per heavy atom. The molecule has 0 unspecified atom stereocenters. The zero-order valence-corrected chi connectivity index (χ0v) is 29.5. The van der Waals surface area contributed by atoms with Crippen LogP contribution >= 0.6 is 0 Å². The van der Waals surface area contributed by atoms with Crippen molar-refractivity contribution < 1.29 is 0 Å². The van der Waals surface area contributed by atoms with Gasteiger partial charge >= 0.3 is 0 Å². The lowest BCUT2D eigenvalue weighted by Crippen LogP contribution is -1.99. The molecule has 0 aliphatic rings. The first-order valence-corrected chi connectivity index (χ1v) is 18.3. The molecular weight excluding hydrogens is 671 g/mol. The van der Waals surface area contributed by atoms with E-state index < -0.39 is 0 Å². The number of nitrogens with zero attached hydrogens (tertiary/aromatic N) is 5. The Balaban J connectivity index is 1.03. The first-order valence-electron chi connectivity index (χ1n) is 18.3. The van der Waals surface area contributed by atoms with Gasteiger partial charge in [-0.25, -0.2) is 0 Å². The third-order valence-corrected chi connectivity index (χ3v) is 11.1. The maximum absolute atomic E-state index is 10.6. The minimum atomic E-state index is 0.599. The summed E-state index contributed by atoms with van der Waals surface area (Å²) in [4.78, 5) is 0. The Bertz CT molecular complexity index is 3400. The van der Waals surface area contributed by atoms with Gasteiger partial charge in [0.2, 0.25) is 0 Å². The summed E-state index contributed by atoms with van der Waals surface area (Å²) >= 11 is 0. The summed E-state index contributed by atoms with van der Waals surface area (Å²) in [6.07, 6.45) is 0. The Morgan fingerprint density at radius 3 is 1.42 bits per heavy atom. The van der Waals surface area contributed by atoms with Gasteiger partial charge in [-0.3, -0.25) is 0 Å². The summed E-state index contributed by atoms with van der Waals surface area (Å²) in [6, 6.07) is 65.9. The fourth-order valence-electron chi connectivity index (χ4n) is 8.68. The highest BCUT2D eigenvalue weighted by Gasteiger charge is 2.19. The number of benzene rings is 8. The number of nitriles is 2. The number of hydrogen-bond acceptors (Lipinski definition) is 2. The number of fused-ring (bicyclic) bond motifs is 9. The molecule has 0 saturated carbocycles. The van der Waals surface area contributed by atoms with E-state index in [0.717, 1.165) is 71.8 Å². The fourth-order valence-corrected chi connectivity index (χ4v) is 8.68. The summed E-state index contributed by atoms with van der Waals surface area (Å²) in [5, 5.41) is 27.3. The lowest BCUT2D eigenvalue weighted by atomic mass is 10.0. The molecule has 0 fully saturated rings. The van der Waals surface area contributed by atoms with Crippen molar-refractivity contribution in [3.63, 3.8) is 0 Å². The van der Waals surface area contributed by atoms with Crippen LogP contribution in [0.3, 0.4) is 0 Å². The molecule has 55 heavy (non-hydrogen) atoms. The highest BCUT2D eigenvalue weighted by molar-refractivity contribution is 6.13. The van der Waals surface area contributed by atoms with Crippen LogP contribution in [0.1, 0.15) is 11.1 Å².